The van der Waals surface area contributed by atoms with Gasteiger partial charge in [0, 0.05) is 36.8 Å². The number of anilines is 1. The van der Waals surface area contributed by atoms with E-state index in [1.807, 2.05) is 17.0 Å². The van der Waals surface area contributed by atoms with Gasteiger partial charge in [-0.05, 0) is 62.0 Å². The summed E-state index contributed by atoms with van der Waals surface area (Å²) in [6.07, 6.45) is 2.46. The first-order chi connectivity index (χ1) is 12.1. The molecule has 0 aliphatic carbocycles. The van der Waals surface area contributed by atoms with Crippen LogP contribution in [0.2, 0.25) is 5.02 Å². The smallest absolute Gasteiger partial charge is 0.228 e. The molecule has 5 nitrogen and oxygen atoms in total. The minimum absolute atomic E-state index is 0. The van der Waals surface area contributed by atoms with Crippen molar-refractivity contribution in [3.8, 4) is 0 Å². The quantitative estimate of drug-likeness (QED) is 0.833. The number of amides is 2. The summed E-state index contributed by atoms with van der Waals surface area (Å²) in [7, 11) is 0. The lowest BCUT2D eigenvalue weighted by molar-refractivity contribution is -0.135. The number of benzene rings is 1. The van der Waals surface area contributed by atoms with Crippen LogP contribution in [0.1, 0.15) is 19.3 Å². The van der Waals surface area contributed by atoms with Crippen molar-refractivity contribution in [2.45, 2.75) is 19.3 Å². The van der Waals surface area contributed by atoms with E-state index in [1.54, 1.807) is 17.0 Å². The number of halogens is 2. The average molecular weight is 398 g/mol. The van der Waals surface area contributed by atoms with Crippen LogP contribution in [0.15, 0.2) is 24.3 Å². The van der Waals surface area contributed by atoms with Crippen molar-refractivity contribution in [1.82, 2.24) is 10.2 Å². The standard InChI is InChI=1S/C19H24ClN3O2.ClH/c20-16-1-3-17(4-2-16)23-12-15(9-18(23)24)19(25)22-7-5-13-10-21-11-14(13)6-8-22;/h1-4,13-15,21H,5-12H2;1H/t13-,14+,15?;. The zero-order valence-corrected chi connectivity index (χ0v) is 16.3. The minimum atomic E-state index is -0.223. The Bertz CT molecular complexity index is 653. The van der Waals surface area contributed by atoms with E-state index in [0.717, 1.165) is 44.7 Å². The molecular formula is C19H25Cl2N3O2. The number of carbonyl (C=O) groups excluding carboxylic acids is 2. The van der Waals surface area contributed by atoms with Crippen LogP contribution < -0.4 is 10.2 Å². The van der Waals surface area contributed by atoms with Gasteiger partial charge in [-0.2, -0.15) is 0 Å². The van der Waals surface area contributed by atoms with Crippen LogP contribution in [0, 0.1) is 17.8 Å². The molecule has 1 aromatic carbocycles. The molecular weight excluding hydrogens is 373 g/mol. The molecule has 0 saturated carbocycles. The lowest BCUT2D eigenvalue weighted by Gasteiger charge is -2.24. The highest BCUT2D eigenvalue weighted by Gasteiger charge is 2.39. The summed E-state index contributed by atoms with van der Waals surface area (Å²) >= 11 is 5.92. The van der Waals surface area contributed by atoms with Gasteiger partial charge in [0.25, 0.3) is 0 Å². The van der Waals surface area contributed by atoms with Crippen LogP contribution in [0.3, 0.4) is 0 Å². The number of nitrogens with zero attached hydrogens (tertiary/aromatic N) is 2. The van der Waals surface area contributed by atoms with E-state index in [-0.39, 0.29) is 30.1 Å². The van der Waals surface area contributed by atoms with Gasteiger partial charge in [-0.25, -0.2) is 0 Å². The van der Waals surface area contributed by atoms with Crippen LogP contribution in [0.4, 0.5) is 5.69 Å². The van der Waals surface area contributed by atoms with Gasteiger partial charge in [0.2, 0.25) is 11.8 Å². The van der Waals surface area contributed by atoms with Crippen LogP contribution in [-0.4, -0.2) is 49.4 Å². The molecule has 7 heteroatoms. The third-order valence-electron chi connectivity index (χ3n) is 5.94. The lowest BCUT2D eigenvalue weighted by atomic mass is 9.92. The largest absolute Gasteiger partial charge is 0.342 e. The summed E-state index contributed by atoms with van der Waals surface area (Å²) in [5.74, 6) is 1.36. The van der Waals surface area contributed by atoms with Crippen molar-refractivity contribution < 1.29 is 9.59 Å². The fraction of sp³-hybridized carbons (Fsp3) is 0.579. The second kappa shape index (κ2) is 8.15. The third-order valence-corrected chi connectivity index (χ3v) is 6.20. The summed E-state index contributed by atoms with van der Waals surface area (Å²) in [6.45, 7) is 4.29. The van der Waals surface area contributed by atoms with Gasteiger partial charge in [0.05, 0.1) is 5.92 Å². The van der Waals surface area contributed by atoms with E-state index >= 15 is 0 Å². The molecule has 2 amide bonds. The van der Waals surface area contributed by atoms with Crippen molar-refractivity contribution in [3.63, 3.8) is 0 Å². The molecule has 1 unspecified atom stereocenters. The Morgan fingerprint density at radius 3 is 2.31 bits per heavy atom. The summed E-state index contributed by atoms with van der Waals surface area (Å²) in [5.41, 5.74) is 0.821. The SMILES string of the molecule is Cl.O=C(C1CC(=O)N(c2ccc(Cl)cc2)C1)N1CC[C@@H]2CNC[C@@H]2CC1. The molecule has 0 aromatic heterocycles. The number of hydrogen-bond acceptors (Lipinski definition) is 3. The first-order valence-electron chi connectivity index (χ1n) is 9.17. The molecule has 3 aliphatic heterocycles. The highest BCUT2D eigenvalue weighted by molar-refractivity contribution is 6.30. The molecule has 142 valence electrons. The molecule has 3 atom stereocenters. The number of nitrogens with one attached hydrogen (secondary N) is 1. The van der Waals surface area contributed by atoms with Crippen molar-refractivity contribution in [1.29, 1.82) is 0 Å². The maximum Gasteiger partial charge on any atom is 0.228 e. The lowest BCUT2D eigenvalue weighted by Crippen LogP contribution is -2.38. The van der Waals surface area contributed by atoms with Gasteiger partial charge < -0.3 is 15.1 Å². The highest BCUT2D eigenvalue weighted by atomic mass is 35.5. The summed E-state index contributed by atoms with van der Waals surface area (Å²) in [4.78, 5) is 29.1. The maximum atomic E-state index is 13.0. The van der Waals surface area contributed by atoms with Gasteiger partial charge in [0.1, 0.15) is 0 Å². The fourth-order valence-electron chi connectivity index (χ4n) is 4.44. The van der Waals surface area contributed by atoms with Crippen LogP contribution >= 0.6 is 24.0 Å². The number of rotatable bonds is 2. The topological polar surface area (TPSA) is 52.7 Å². The monoisotopic (exact) mass is 397 g/mol. The van der Waals surface area contributed by atoms with Crippen molar-refractivity contribution >= 4 is 41.5 Å². The maximum absolute atomic E-state index is 13.0. The summed E-state index contributed by atoms with van der Waals surface area (Å²) in [5, 5.41) is 4.11. The normalized spacial score (nSPS) is 28.5. The number of carbonyl (C=O) groups is 2. The van der Waals surface area contributed by atoms with E-state index < -0.39 is 0 Å². The van der Waals surface area contributed by atoms with E-state index in [9.17, 15) is 9.59 Å². The van der Waals surface area contributed by atoms with Crippen molar-refractivity contribution in [3.05, 3.63) is 29.3 Å². The first kappa shape index (κ1) is 19.5. The highest BCUT2D eigenvalue weighted by Crippen LogP contribution is 2.30. The van der Waals surface area contributed by atoms with Gasteiger partial charge in [0.15, 0.2) is 0 Å². The number of likely N-dealkylation sites (tertiary alicyclic amines) is 1. The first-order valence-corrected chi connectivity index (χ1v) is 9.55. The molecule has 1 aromatic rings. The minimum Gasteiger partial charge on any atom is -0.342 e. The Hall–Kier alpha value is -1.30. The third kappa shape index (κ3) is 3.85. The Morgan fingerprint density at radius 2 is 1.69 bits per heavy atom. The Balaban J connectivity index is 0.00000196. The second-order valence-electron chi connectivity index (χ2n) is 7.46. The van der Waals surface area contributed by atoms with Crippen molar-refractivity contribution in [2.75, 3.05) is 37.6 Å². The van der Waals surface area contributed by atoms with Crippen molar-refractivity contribution in [2.24, 2.45) is 17.8 Å². The number of hydrogen-bond donors (Lipinski definition) is 1. The molecule has 3 aliphatic rings. The van der Waals surface area contributed by atoms with Gasteiger partial charge in [-0.3, -0.25) is 9.59 Å². The van der Waals surface area contributed by atoms with E-state index in [1.165, 1.54) is 0 Å². The Labute approximate surface area is 165 Å². The van der Waals surface area contributed by atoms with E-state index in [4.69, 9.17) is 11.6 Å². The van der Waals surface area contributed by atoms with Gasteiger partial charge in [-0.1, -0.05) is 11.6 Å². The number of fused-ring (bicyclic) bond motifs is 1. The predicted molar refractivity (Wildman–Crippen MR) is 105 cm³/mol. The molecule has 3 heterocycles. The fourth-order valence-corrected chi connectivity index (χ4v) is 4.57. The molecule has 26 heavy (non-hydrogen) atoms. The van der Waals surface area contributed by atoms with Crippen LogP contribution in [0.5, 0.6) is 0 Å². The summed E-state index contributed by atoms with van der Waals surface area (Å²) in [6, 6.07) is 7.24. The van der Waals surface area contributed by atoms with Gasteiger partial charge >= 0.3 is 0 Å². The zero-order chi connectivity index (χ0) is 17.4. The summed E-state index contributed by atoms with van der Waals surface area (Å²) < 4.78 is 0. The molecule has 4 rings (SSSR count). The van der Waals surface area contributed by atoms with E-state index in [2.05, 4.69) is 5.32 Å². The van der Waals surface area contributed by atoms with Gasteiger partial charge in [-0.15, -0.1) is 12.4 Å². The molecule has 0 spiro atoms. The average Bonchev–Trinajstić information content (AvgIpc) is 3.17. The Kier molecular flexibility index (Phi) is 6.10. The predicted octanol–water partition coefficient (Wildman–Crippen LogP) is 2.57. The Morgan fingerprint density at radius 1 is 1.08 bits per heavy atom. The van der Waals surface area contributed by atoms with E-state index in [0.29, 0.717) is 29.8 Å². The zero-order valence-electron chi connectivity index (χ0n) is 14.7. The van der Waals surface area contributed by atoms with Crippen LogP contribution in [0.25, 0.3) is 0 Å². The molecule has 0 radical (unpaired) electrons. The molecule has 0 bridgehead atoms. The molecule has 3 fully saturated rings. The molecule has 3 saturated heterocycles. The van der Waals surface area contributed by atoms with Crippen LogP contribution in [-0.2, 0) is 9.59 Å². The molecule has 1 N–H and O–H groups in total. The second-order valence-corrected chi connectivity index (χ2v) is 7.90.